The topological polar surface area (TPSA) is 85.0 Å². The van der Waals surface area contributed by atoms with Gasteiger partial charge in [0.15, 0.2) is 5.96 Å². The molecule has 0 amide bonds. The Balaban J connectivity index is 1.31. The van der Waals surface area contributed by atoms with E-state index >= 15 is 0 Å². The average Bonchev–Trinajstić information content (AvgIpc) is 3.34. The van der Waals surface area contributed by atoms with Gasteiger partial charge in [-0.05, 0) is 50.1 Å². The molecule has 2 aromatic heterocycles. The summed E-state index contributed by atoms with van der Waals surface area (Å²) < 4.78 is 16.8. The normalized spacial score (nSPS) is 16.5. The SMILES string of the molecule is CN=C(NCCc1ccn(-c2ccc(F)cc2)n1)NC1CCCn2nc(C)nc21. The molecule has 8 nitrogen and oxygen atoms in total. The van der Waals surface area contributed by atoms with Gasteiger partial charge in [-0.1, -0.05) is 0 Å². The molecular weight excluding hydrogens is 371 g/mol. The van der Waals surface area contributed by atoms with Crippen molar-refractivity contribution in [1.29, 1.82) is 0 Å². The first-order valence-corrected chi connectivity index (χ1v) is 9.81. The molecule has 0 aliphatic carbocycles. The van der Waals surface area contributed by atoms with Crippen LogP contribution in [0.25, 0.3) is 5.69 Å². The number of hydrogen-bond donors (Lipinski definition) is 2. The number of halogens is 1. The van der Waals surface area contributed by atoms with Crippen LogP contribution in [0.15, 0.2) is 41.5 Å². The molecule has 1 aliphatic rings. The molecule has 1 aromatic carbocycles. The Labute approximate surface area is 168 Å². The highest BCUT2D eigenvalue weighted by atomic mass is 19.1. The molecule has 152 valence electrons. The summed E-state index contributed by atoms with van der Waals surface area (Å²) >= 11 is 0. The van der Waals surface area contributed by atoms with E-state index in [1.54, 1.807) is 23.9 Å². The quantitative estimate of drug-likeness (QED) is 0.510. The van der Waals surface area contributed by atoms with Gasteiger partial charge in [0, 0.05) is 32.8 Å². The molecular formula is C20H25FN8. The number of guanidine groups is 1. The van der Waals surface area contributed by atoms with Crippen LogP contribution in [0, 0.1) is 12.7 Å². The molecule has 2 N–H and O–H groups in total. The molecule has 4 rings (SSSR count). The standard InChI is InChI=1S/C20H25FN8/c1-14-24-19-18(4-3-12-29(19)26-14)25-20(22-2)23-11-9-16-10-13-28(27-16)17-7-5-15(21)6-8-17/h5-8,10,13,18H,3-4,9,11-12H2,1-2H3,(H2,22,23,25). The van der Waals surface area contributed by atoms with Crippen molar-refractivity contribution in [2.24, 2.45) is 4.99 Å². The van der Waals surface area contributed by atoms with Crippen LogP contribution in [-0.4, -0.2) is 44.1 Å². The van der Waals surface area contributed by atoms with E-state index in [4.69, 9.17) is 0 Å². The zero-order valence-corrected chi connectivity index (χ0v) is 16.6. The first kappa shape index (κ1) is 19.1. The zero-order valence-electron chi connectivity index (χ0n) is 16.6. The monoisotopic (exact) mass is 396 g/mol. The van der Waals surface area contributed by atoms with E-state index in [-0.39, 0.29) is 11.9 Å². The number of hydrogen-bond acceptors (Lipinski definition) is 4. The smallest absolute Gasteiger partial charge is 0.191 e. The van der Waals surface area contributed by atoms with Crippen LogP contribution in [0.1, 0.15) is 36.2 Å². The molecule has 0 bridgehead atoms. The Kier molecular flexibility index (Phi) is 5.55. The van der Waals surface area contributed by atoms with E-state index in [0.29, 0.717) is 6.54 Å². The average molecular weight is 396 g/mol. The Hall–Kier alpha value is -3.23. The number of rotatable bonds is 5. The van der Waals surface area contributed by atoms with Crippen LogP contribution in [0.5, 0.6) is 0 Å². The highest BCUT2D eigenvalue weighted by Gasteiger charge is 2.24. The summed E-state index contributed by atoms with van der Waals surface area (Å²) in [6.45, 7) is 3.52. The largest absolute Gasteiger partial charge is 0.356 e. The van der Waals surface area contributed by atoms with Crippen molar-refractivity contribution in [2.75, 3.05) is 13.6 Å². The highest BCUT2D eigenvalue weighted by Crippen LogP contribution is 2.22. The Morgan fingerprint density at radius 2 is 2.07 bits per heavy atom. The zero-order chi connectivity index (χ0) is 20.2. The van der Waals surface area contributed by atoms with Gasteiger partial charge in [-0.25, -0.2) is 18.7 Å². The second kappa shape index (κ2) is 8.42. The Morgan fingerprint density at radius 3 is 2.86 bits per heavy atom. The summed E-state index contributed by atoms with van der Waals surface area (Å²) in [5.74, 6) is 2.25. The van der Waals surface area contributed by atoms with E-state index in [9.17, 15) is 4.39 Å². The van der Waals surface area contributed by atoms with Crippen molar-refractivity contribution in [3.63, 3.8) is 0 Å². The Bertz CT molecular complexity index is 988. The van der Waals surface area contributed by atoms with Crippen LogP contribution < -0.4 is 10.6 Å². The van der Waals surface area contributed by atoms with E-state index in [2.05, 4.69) is 30.8 Å². The highest BCUT2D eigenvalue weighted by molar-refractivity contribution is 5.80. The van der Waals surface area contributed by atoms with Crippen molar-refractivity contribution in [3.05, 3.63) is 59.7 Å². The van der Waals surface area contributed by atoms with Gasteiger partial charge in [0.25, 0.3) is 0 Å². The number of fused-ring (bicyclic) bond motifs is 1. The predicted octanol–water partition coefficient (Wildman–Crippen LogP) is 2.15. The molecule has 1 unspecified atom stereocenters. The molecule has 0 saturated heterocycles. The number of aromatic nitrogens is 5. The van der Waals surface area contributed by atoms with E-state index in [1.165, 1.54) is 12.1 Å². The van der Waals surface area contributed by atoms with Gasteiger partial charge in [-0.15, -0.1) is 0 Å². The van der Waals surface area contributed by atoms with Crippen molar-refractivity contribution in [3.8, 4) is 5.69 Å². The second-order valence-electron chi connectivity index (χ2n) is 7.06. The number of benzene rings is 1. The van der Waals surface area contributed by atoms with Crippen LogP contribution in [-0.2, 0) is 13.0 Å². The molecule has 0 spiro atoms. The lowest BCUT2D eigenvalue weighted by Gasteiger charge is -2.24. The fourth-order valence-electron chi connectivity index (χ4n) is 3.51. The lowest BCUT2D eigenvalue weighted by molar-refractivity contribution is 0.398. The molecule has 29 heavy (non-hydrogen) atoms. The summed E-state index contributed by atoms with van der Waals surface area (Å²) in [6.07, 6.45) is 4.69. The maximum Gasteiger partial charge on any atom is 0.191 e. The molecule has 9 heteroatoms. The van der Waals surface area contributed by atoms with Crippen LogP contribution in [0.2, 0.25) is 0 Å². The third kappa shape index (κ3) is 4.44. The minimum Gasteiger partial charge on any atom is -0.356 e. The third-order valence-electron chi connectivity index (χ3n) is 4.92. The first-order chi connectivity index (χ1) is 14.1. The molecule has 0 saturated carbocycles. The summed E-state index contributed by atoms with van der Waals surface area (Å²) in [7, 11) is 1.76. The second-order valence-corrected chi connectivity index (χ2v) is 7.06. The van der Waals surface area contributed by atoms with Crippen LogP contribution in [0.4, 0.5) is 4.39 Å². The maximum atomic E-state index is 13.1. The third-order valence-corrected chi connectivity index (χ3v) is 4.92. The molecule has 0 fully saturated rings. The van der Waals surface area contributed by atoms with Crippen molar-refractivity contribution in [1.82, 2.24) is 35.2 Å². The van der Waals surface area contributed by atoms with Crippen molar-refractivity contribution >= 4 is 5.96 Å². The molecule has 1 aliphatic heterocycles. The van der Waals surface area contributed by atoms with Gasteiger partial charge in [0.2, 0.25) is 0 Å². The van der Waals surface area contributed by atoms with E-state index < -0.39 is 0 Å². The lowest BCUT2D eigenvalue weighted by atomic mass is 10.1. The molecule has 3 aromatic rings. The van der Waals surface area contributed by atoms with Gasteiger partial charge in [-0.2, -0.15) is 10.2 Å². The van der Waals surface area contributed by atoms with Gasteiger partial charge < -0.3 is 10.6 Å². The number of aliphatic imine (C=N–C) groups is 1. The van der Waals surface area contributed by atoms with Gasteiger partial charge in [0.05, 0.1) is 17.4 Å². The fraction of sp³-hybridized carbons (Fsp3) is 0.400. The fourth-order valence-corrected chi connectivity index (χ4v) is 3.51. The number of nitrogens with one attached hydrogen (secondary N) is 2. The summed E-state index contributed by atoms with van der Waals surface area (Å²) in [4.78, 5) is 8.89. The van der Waals surface area contributed by atoms with Gasteiger partial charge >= 0.3 is 0 Å². The molecule has 3 heterocycles. The predicted molar refractivity (Wildman–Crippen MR) is 108 cm³/mol. The van der Waals surface area contributed by atoms with Crippen molar-refractivity contribution in [2.45, 2.75) is 38.8 Å². The van der Waals surface area contributed by atoms with E-state index in [0.717, 1.165) is 54.8 Å². The lowest BCUT2D eigenvalue weighted by Crippen LogP contribution is -2.42. The number of nitrogens with zero attached hydrogens (tertiary/aromatic N) is 6. The van der Waals surface area contributed by atoms with Gasteiger partial charge in [0.1, 0.15) is 17.5 Å². The van der Waals surface area contributed by atoms with Crippen molar-refractivity contribution < 1.29 is 4.39 Å². The number of aryl methyl sites for hydroxylation is 2. The molecule has 0 radical (unpaired) electrons. The van der Waals surface area contributed by atoms with Crippen LogP contribution in [0.3, 0.4) is 0 Å². The molecule has 1 atom stereocenters. The maximum absolute atomic E-state index is 13.1. The first-order valence-electron chi connectivity index (χ1n) is 9.81. The van der Waals surface area contributed by atoms with Crippen LogP contribution >= 0.6 is 0 Å². The minimum absolute atomic E-state index is 0.105. The summed E-state index contributed by atoms with van der Waals surface area (Å²) in [5.41, 5.74) is 1.78. The summed E-state index contributed by atoms with van der Waals surface area (Å²) in [5, 5.41) is 15.8. The van der Waals surface area contributed by atoms with Gasteiger partial charge in [-0.3, -0.25) is 4.99 Å². The van der Waals surface area contributed by atoms with E-state index in [1.807, 2.05) is 23.9 Å². The summed E-state index contributed by atoms with van der Waals surface area (Å²) in [6, 6.07) is 8.35. The Morgan fingerprint density at radius 1 is 1.24 bits per heavy atom. The minimum atomic E-state index is -0.254.